The second-order valence-corrected chi connectivity index (χ2v) is 4.90. The number of halogens is 2. The van der Waals surface area contributed by atoms with Crippen LogP contribution in [-0.4, -0.2) is 6.61 Å². The fourth-order valence-corrected chi connectivity index (χ4v) is 1.88. The zero-order valence-electron chi connectivity index (χ0n) is 11.6. The van der Waals surface area contributed by atoms with Crippen molar-refractivity contribution in [2.45, 2.75) is 52.9 Å². The van der Waals surface area contributed by atoms with Gasteiger partial charge in [-0.1, -0.05) is 34.1 Å². The first-order valence-electron chi connectivity index (χ1n) is 6.66. The van der Waals surface area contributed by atoms with Crippen molar-refractivity contribution in [1.82, 2.24) is 0 Å². The van der Waals surface area contributed by atoms with Crippen LogP contribution in [0.3, 0.4) is 0 Å². The van der Waals surface area contributed by atoms with Crippen LogP contribution in [0.2, 0.25) is 0 Å². The van der Waals surface area contributed by atoms with Gasteiger partial charge in [0.2, 0.25) is 5.82 Å². The minimum Gasteiger partial charge on any atom is -0.490 e. The van der Waals surface area contributed by atoms with Crippen LogP contribution in [0.4, 0.5) is 8.78 Å². The van der Waals surface area contributed by atoms with Gasteiger partial charge in [-0.05, 0) is 36.0 Å². The highest BCUT2D eigenvalue weighted by Gasteiger charge is 2.22. The van der Waals surface area contributed by atoms with E-state index in [9.17, 15) is 8.78 Å². The summed E-state index contributed by atoms with van der Waals surface area (Å²) < 4.78 is 32.3. The summed E-state index contributed by atoms with van der Waals surface area (Å²) in [4.78, 5) is 0. The molecule has 2 rings (SSSR count). The maximum Gasteiger partial charge on any atom is 0.201 e. The Morgan fingerprint density at radius 2 is 1.83 bits per heavy atom. The van der Waals surface area contributed by atoms with Gasteiger partial charge in [0.1, 0.15) is 0 Å². The normalized spacial score (nSPS) is 13.5. The summed E-state index contributed by atoms with van der Waals surface area (Å²) in [5.41, 5.74) is 1.24. The monoisotopic (exact) mass is 256 g/mol. The van der Waals surface area contributed by atoms with Gasteiger partial charge in [-0.15, -0.1) is 0 Å². The van der Waals surface area contributed by atoms with Gasteiger partial charge in [0.15, 0.2) is 11.6 Å². The van der Waals surface area contributed by atoms with Crippen molar-refractivity contribution < 1.29 is 13.5 Å². The van der Waals surface area contributed by atoms with E-state index in [1.165, 1.54) is 6.42 Å². The van der Waals surface area contributed by atoms with E-state index in [1.807, 2.05) is 13.8 Å². The van der Waals surface area contributed by atoms with Gasteiger partial charge in [0.25, 0.3) is 0 Å². The predicted octanol–water partition coefficient (Wildman–Crippen LogP) is 4.83. The highest BCUT2D eigenvalue weighted by Crippen LogP contribution is 2.34. The maximum absolute atomic E-state index is 13.6. The minimum atomic E-state index is -0.823. The van der Waals surface area contributed by atoms with Crippen molar-refractivity contribution in [3.05, 3.63) is 28.8 Å². The van der Waals surface area contributed by atoms with E-state index < -0.39 is 11.6 Å². The number of benzene rings is 1. The van der Waals surface area contributed by atoms with Crippen LogP contribution in [0, 0.1) is 11.6 Å². The number of hydrogen-bond acceptors (Lipinski definition) is 1. The van der Waals surface area contributed by atoms with Crippen LogP contribution < -0.4 is 4.74 Å². The SMILES string of the molecule is CC(C)c1cc2c(c(F)c1F)OCCC2.CCC. The van der Waals surface area contributed by atoms with E-state index in [2.05, 4.69) is 13.8 Å². The first-order chi connectivity index (χ1) is 8.52. The van der Waals surface area contributed by atoms with Crippen LogP contribution >= 0.6 is 0 Å². The molecule has 0 aromatic heterocycles. The van der Waals surface area contributed by atoms with Gasteiger partial charge in [-0.25, -0.2) is 4.39 Å². The summed E-state index contributed by atoms with van der Waals surface area (Å²) in [5, 5.41) is 0. The number of hydrogen-bond donors (Lipinski definition) is 0. The molecular weight excluding hydrogens is 234 g/mol. The minimum absolute atomic E-state index is 0.00766. The Balaban J connectivity index is 0.000000492. The van der Waals surface area contributed by atoms with Crippen molar-refractivity contribution in [2.75, 3.05) is 6.61 Å². The average molecular weight is 256 g/mol. The Bertz CT molecular complexity index is 400. The molecule has 0 saturated heterocycles. The van der Waals surface area contributed by atoms with E-state index in [0.29, 0.717) is 12.2 Å². The molecule has 0 amide bonds. The maximum atomic E-state index is 13.6. The molecule has 0 radical (unpaired) electrons. The quantitative estimate of drug-likeness (QED) is 0.699. The Morgan fingerprint density at radius 3 is 2.39 bits per heavy atom. The van der Waals surface area contributed by atoms with Crippen LogP contribution in [0.5, 0.6) is 5.75 Å². The Hall–Kier alpha value is -1.12. The standard InChI is InChI=1S/C12H14F2O.C3H8/c1-7(2)9-6-8-4-3-5-15-12(8)11(14)10(9)13;1-3-2/h6-7H,3-5H2,1-2H3;3H2,1-2H3. The molecule has 18 heavy (non-hydrogen) atoms. The highest BCUT2D eigenvalue weighted by atomic mass is 19.2. The lowest BCUT2D eigenvalue weighted by Gasteiger charge is -2.20. The van der Waals surface area contributed by atoms with Gasteiger partial charge >= 0.3 is 0 Å². The van der Waals surface area contributed by atoms with E-state index >= 15 is 0 Å². The lowest BCUT2D eigenvalue weighted by molar-refractivity contribution is 0.267. The summed E-state index contributed by atoms with van der Waals surface area (Å²) in [7, 11) is 0. The average Bonchev–Trinajstić information content (AvgIpc) is 2.34. The molecular formula is C15H22F2O. The molecule has 0 bridgehead atoms. The molecule has 0 N–H and O–H groups in total. The lowest BCUT2D eigenvalue weighted by atomic mass is 9.96. The fourth-order valence-electron chi connectivity index (χ4n) is 1.88. The molecule has 1 aliphatic rings. The number of fused-ring (bicyclic) bond motifs is 1. The third-order valence-corrected chi connectivity index (χ3v) is 2.73. The van der Waals surface area contributed by atoms with Crippen molar-refractivity contribution in [1.29, 1.82) is 0 Å². The Kier molecular flexibility index (Phi) is 5.57. The zero-order valence-corrected chi connectivity index (χ0v) is 11.6. The van der Waals surface area contributed by atoms with E-state index in [-0.39, 0.29) is 11.7 Å². The second-order valence-electron chi connectivity index (χ2n) is 4.90. The molecule has 1 aromatic rings. The van der Waals surface area contributed by atoms with Gasteiger partial charge in [-0.3, -0.25) is 0 Å². The van der Waals surface area contributed by atoms with Crippen LogP contribution in [0.1, 0.15) is 57.6 Å². The Labute approximate surface area is 108 Å². The number of rotatable bonds is 1. The van der Waals surface area contributed by atoms with Crippen LogP contribution in [0.15, 0.2) is 6.07 Å². The van der Waals surface area contributed by atoms with E-state index in [0.717, 1.165) is 18.4 Å². The molecule has 0 spiro atoms. The van der Waals surface area contributed by atoms with Crippen molar-refractivity contribution in [3.8, 4) is 5.75 Å². The summed E-state index contributed by atoms with van der Waals surface area (Å²) in [5.74, 6) is -1.48. The molecule has 0 fully saturated rings. The van der Waals surface area contributed by atoms with Gasteiger partial charge < -0.3 is 4.74 Å². The summed E-state index contributed by atoms with van der Waals surface area (Å²) in [6, 6.07) is 1.73. The lowest BCUT2D eigenvalue weighted by Crippen LogP contribution is -2.12. The summed E-state index contributed by atoms with van der Waals surface area (Å²) >= 11 is 0. The molecule has 102 valence electrons. The summed E-state index contributed by atoms with van der Waals surface area (Å²) in [6.45, 7) is 8.44. The Morgan fingerprint density at radius 1 is 1.22 bits per heavy atom. The van der Waals surface area contributed by atoms with E-state index in [1.54, 1.807) is 6.07 Å². The first-order valence-corrected chi connectivity index (χ1v) is 6.66. The zero-order chi connectivity index (χ0) is 13.7. The van der Waals surface area contributed by atoms with Gasteiger partial charge in [-0.2, -0.15) is 4.39 Å². The van der Waals surface area contributed by atoms with Gasteiger partial charge in [0.05, 0.1) is 6.61 Å². The molecule has 1 aliphatic heterocycles. The molecule has 1 nitrogen and oxygen atoms in total. The predicted molar refractivity (Wildman–Crippen MR) is 70.2 cm³/mol. The number of aryl methyl sites for hydroxylation is 1. The van der Waals surface area contributed by atoms with Crippen LogP contribution in [0.25, 0.3) is 0 Å². The fraction of sp³-hybridized carbons (Fsp3) is 0.600. The van der Waals surface area contributed by atoms with Crippen molar-refractivity contribution in [2.24, 2.45) is 0 Å². The topological polar surface area (TPSA) is 9.23 Å². The first kappa shape index (κ1) is 14.9. The molecule has 0 aliphatic carbocycles. The smallest absolute Gasteiger partial charge is 0.201 e. The van der Waals surface area contributed by atoms with E-state index in [4.69, 9.17) is 4.74 Å². The molecule has 3 heteroatoms. The third-order valence-electron chi connectivity index (χ3n) is 2.73. The molecule has 0 saturated carbocycles. The summed E-state index contributed by atoms with van der Waals surface area (Å²) in [6.07, 6.45) is 2.89. The third kappa shape index (κ3) is 3.21. The molecule has 1 aromatic carbocycles. The van der Waals surface area contributed by atoms with Gasteiger partial charge in [0, 0.05) is 0 Å². The van der Waals surface area contributed by atoms with Crippen molar-refractivity contribution >= 4 is 0 Å². The molecule has 0 unspecified atom stereocenters. The highest BCUT2D eigenvalue weighted by molar-refractivity contribution is 5.42. The molecule has 1 heterocycles. The van der Waals surface area contributed by atoms with Crippen molar-refractivity contribution in [3.63, 3.8) is 0 Å². The largest absolute Gasteiger partial charge is 0.490 e. The number of ether oxygens (including phenoxy) is 1. The van der Waals surface area contributed by atoms with Crippen LogP contribution in [-0.2, 0) is 6.42 Å². The molecule has 0 atom stereocenters. The second kappa shape index (κ2) is 6.72.